The molecule has 1 aromatic heterocycles. The van der Waals surface area contributed by atoms with Gasteiger partial charge in [0.1, 0.15) is 23.9 Å². The van der Waals surface area contributed by atoms with Gasteiger partial charge in [0.05, 0.1) is 6.54 Å². The molecule has 0 atom stereocenters. The highest BCUT2D eigenvalue weighted by Crippen LogP contribution is 2.19. The molecule has 0 spiro atoms. The molecule has 5 heteroatoms. The van der Waals surface area contributed by atoms with Crippen LogP contribution in [0.1, 0.15) is 24.9 Å². The summed E-state index contributed by atoms with van der Waals surface area (Å²) in [5, 5.41) is 3.22. The Hall–Kier alpha value is -1.88. The Labute approximate surface area is 116 Å². The predicted molar refractivity (Wildman–Crippen MR) is 71.4 cm³/mol. The Morgan fingerprint density at radius 2 is 1.95 bits per heavy atom. The number of hydrogen-bond donors (Lipinski definition) is 1. The molecule has 0 saturated carbocycles. The largest absolute Gasteiger partial charge is 0.483 e. The summed E-state index contributed by atoms with van der Waals surface area (Å²) >= 11 is 0. The minimum Gasteiger partial charge on any atom is -0.483 e. The summed E-state index contributed by atoms with van der Waals surface area (Å²) in [6.07, 6.45) is 1.06. The highest BCUT2D eigenvalue weighted by molar-refractivity contribution is 5.24. The first-order chi connectivity index (χ1) is 9.69. The number of hydrogen-bond acceptors (Lipinski definition) is 3. The summed E-state index contributed by atoms with van der Waals surface area (Å²) in [5.41, 5.74) is 0. The molecule has 0 aliphatic rings. The van der Waals surface area contributed by atoms with Gasteiger partial charge >= 0.3 is 0 Å². The van der Waals surface area contributed by atoms with Crippen molar-refractivity contribution in [2.24, 2.45) is 0 Å². The third-order valence-corrected chi connectivity index (χ3v) is 2.71. The zero-order chi connectivity index (χ0) is 14.4. The van der Waals surface area contributed by atoms with Crippen LogP contribution in [0.5, 0.6) is 5.75 Å². The SMILES string of the molecule is CCCNCc1ccc(COc2ccc(F)cc2F)o1. The lowest BCUT2D eigenvalue weighted by Gasteiger charge is -2.05. The average molecular weight is 281 g/mol. The van der Waals surface area contributed by atoms with Gasteiger partial charge in [-0.3, -0.25) is 0 Å². The van der Waals surface area contributed by atoms with Crippen molar-refractivity contribution in [2.75, 3.05) is 6.54 Å². The van der Waals surface area contributed by atoms with Crippen molar-refractivity contribution in [1.29, 1.82) is 0 Å². The summed E-state index contributed by atoms with van der Waals surface area (Å²) in [6, 6.07) is 6.84. The fourth-order valence-corrected chi connectivity index (χ4v) is 1.72. The minimum absolute atomic E-state index is 0.00783. The van der Waals surface area contributed by atoms with Crippen LogP contribution in [0.2, 0.25) is 0 Å². The van der Waals surface area contributed by atoms with Crippen molar-refractivity contribution in [3.05, 3.63) is 53.5 Å². The standard InChI is InChI=1S/C15H17F2NO2/c1-2-7-18-9-12-4-5-13(20-12)10-19-15-6-3-11(16)8-14(15)17/h3-6,8,18H,2,7,9-10H2,1H3. The molecular formula is C15H17F2NO2. The van der Waals surface area contributed by atoms with Crippen molar-refractivity contribution in [1.82, 2.24) is 5.32 Å². The maximum absolute atomic E-state index is 13.4. The maximum atomic E-state index is 13.4. The Morgan fingerprint density at radius 1 is 1.15 bits per heavy atom. The number of nitrogens with one attached hydrogen (secondary N) is 1. The lowest BCUT2D eigenvalue weighted by atomic mass is 10.3. The molecular weight excluding hydrogens is 264 g/mol. The molecule has 3 nitrogen and oxygen atoms in total. The topological polar surface area (TPSA) is 34.4 Å². The average Bonchev–Trinajstić information content (AvgIpc) is 2.86. The molecule has 2 aromatic rings. The highest BCUT2D eigenvalue weighted by atomic mass is 19.1. The zero-order valence-corrected chi connectivity index (χ0v) is 11.3. The van der Waals surface area contributed by atoms with Crippen LogP contribution in [0, 0.1) is 11.6 Å². The van der Waals surface area contributed by atoms with Gasteiger partial charge in [-0.2, -0.15) is 0 Å². The van der Waals surface area contributed by atoms with Crippen LogP contribution in [-0.2, 0) is 13.2 Å². The normalized spacial score (nSPS) is 10.8. The second-order valence-corrected chi connectivity index (χ2v) is 4.41. The van der Waals surface area contributed by atoms with E-state index < -0.39 is 11.6 Å². The van der Waals surface area contributed by atoms with Crippen LogP contribution in [0.15, 0.2) is 34.7 Å². The van der Waals surface area contributed by atoms with E-state index in [1.54, 1.807) is 6.07 Å². The second kappa shape index (κ2) is 7.05. The van der Waals surface area contributed by atoms with Crippen molar-refractivity contribution in [3.8, 4) is 5.75 Å². The first kappa shape index (κ1) is 14.5. The van der Waals surface area contributed by atoms with Gasteiger partial charge in [0, 0.05) is 6.07 Å². The maximum Gasteiger partial charge on any atom is 0.167 e. The molecule has 20 heavy (non-hydrogen) atoms. The Morgan fingerprint density at radius 3 is 2.70 bits per heavy atom. The molecule has 1 heterocycles. The van der Waals surface area contributed by atoms with Crippen molar-refractivity contribution in [3.63, 3.8) is 0 Å². The lowest BCUT2D eigenvalue weighted by molar-refractivity contribution is 0.253. The Kier molecular flexibility index (Phi) is 5.12. The molecule has 0 bridgehead atoms. The van der Waals surface area contributed by atoms with E-state index in [2.05, 4.69) is 12.2 Å². The van der Waals surface area contributed by atoms with Gasteiger partial charge in [-0.05, 0) is 37.2 Å². The Bertz CT molecular complexity index is 555. The number of furan rings is 1. The number of benzene rings is 1. The van der Waals surface area contributed by atoms with E-state index in [0.717, 1.165) is 30.9 Å². The van der Waals surface area contributed by atoms with E-state index in [1.807, 2.05) is 6.07 Å². The summed E-state index contributed by atoms with van der Waals surface area (Å²) in [5.74, 6) is 0.0608. The second-order valence-electron chi connectivity index (χ2n) is 4.41. The highest BCUT2D eigenvalue weighted by Gasteiger charge is 2.07. The van der Waals surface area contributed by atoms with Crippen LogP contribution in [0.25, 0.3) is 0 Å². The van der Waals surface area contributed by atoms with Gasteiger partial charge in [0.2, 0.25) is 0 Å². The van der Waals surface area contributed by atoms with Crippen molar-refractivity contribution < 1.29 is 17.9 Å². The molecule has 0 amide bonds. The number of ether oxygens (including phenoxy) is 1. The van der Waals surface area contributed by atoms with Crippen LogP contribution < -0.4 is 10.1 Å². The monoisotopic (exact) mass is 281 g/mol. The molecule has 0 saturated heterocycles. The molecule has 2 rings (SSSR count). The molecule has 1 N–H and O–H groups in total. The van der Waals surface area contributed by atoms with E-state index in [1.165, 1.54) is 6.07 Å². The Balaban J connectivity index is 1.87. The molecule has 0 fully saturated rings. The molecule has 108 valence electrons. The third-order valence-electron chi connectivity index (χ3n) is 2.71. The summed E-state index contributed by atoms with van der Waals surface area (Å²) in [6.45, 7) is 3.77. The fraction of sp³-hybridized carbons (Fsp3) is 0.333. The predicted octanol–water partition coefficient (Wildman–Crippen LogP) is 3.64. The fourth-order valence-electron chi connectivity index (χ4n) is 1.72. The lowest BCUT2D eigenvalue weighted by Crippen LogP contribution is -2.13. The van der Waals surface area contributed by atoms with Crippen LogP contribution in [0.3, 0.4) is 0 Å². The quantitative estimate of drug-likeness (QED) is 0.787. The van der Waals surface area contributed by atoms with E-state index in [-0.39, 0.29) is 12.4 Å². The van der Waals surface area contributed by atoms with Crippen LogP contribution in [-0.4, -0.2) is 6.54 Å². The van der Waals surface area contributed by atoms with E-state index >= 15 is 0 Å². The molecule has 0 aliphatic heterocycles. The summed E-state index contributed by atoms with van der Waals surface area (Å²) in [4.78, 5) is 0. The smallest absolute Gasteiger partial charge is 0.167 e. The first-order valence-electron chi connectivity index (χ1n) is 6.55. The summed E-state index contributed by atoms with van der Waals surface area (Å²) < 4.78 is 36.9. The third kappa shape index (κ3) is 4.06. The minimum atomic E-state index is -0.721. The molecule has 0 radical (unpaired) electrons. The van der Waals surface area contributed by atoms with Gasteiger partial charge in [-0.1, -0.05) is 6.92 Å². The van der Waals surface area contributed by atoms with Gasteiger partial charge in [0.15, 0.2) is 11.6 Å². The van der Waals surface area contributed by atoms with E-state index in [9.17, 15) is 8.78 Å². The van der Waals surface area contributed by atoms with Gasteiger partial charge < -0.3 is 14.5 Å². The van der Waals surface area contributed by atoms with E-state index in [0.29, 0.717) is 12.3 Å². The van der Waals surface area contributed by atoms with Crippen LogP contribution >= 0.6 is 0 Å². The molecule has 0 unspecified atom stereocenters. The molecule has 0 aliphatic carbocycles. The number of rotatable bonds is 7. The van der Waals surface area contributed by atoms with Gasteiger partial charge in [0.25, 0.3) is 0 Å². The molecule has 1 aromatic carbocycles. The van der Waals surface area contributed by atoms with Crippen molar-refractivity contribution in [2.45, 2.75) is 26.5 Å². The van der Waals surface area contributed by atoms with Crippen LogP contribution in [0.4, 0.5) is 8.78 Å². The van der Waals surface area contributed by atoms with Gasteiger partial charge in [-0.15, -0.1) is 0 Å². The van der Waals surface area contributed by atoms with Gasteiger partial charge in [-0.25, -0.2) is 8.78 Å². The summed E-state index contributed by atoms with van der Waals surface area (Å²) in [7, 11) is 0. The van der Waals surface area contributed by atoms with Crippen molar-refractivity contribution >= 4 is 0 Å². The number of halogens is 2. The van der Waals surface area contributed by atoms with E-state index in [4.69, 9.17) is 9.15 Å². The first-order valence-corrected chi connectivity index (χ1v) is 6.55. The zero-order valence-electron chi connectivity index (χ0n) is 11.3.